The molecule has 3 heteroatoms. The number of likely N-dealkylation sites (tertiary alicyclic amines) is 1. The largest absolute Gasteiger partial charge is 0.338 e. The Balaban J connectivity index is 2.00. The van der Waals surface area contributed by atoms with Crippen LogP contribution in [-0.2, 0) is 11.3 Å². The lowest BCUT2D eigenvalue weighted by Gasteiger charge is -2.16. The second-order valence-corrected chi connectivity index (χ2v) is 4.88. The summed E-state index contributed by atoms with van der Waals surface area (Å²) in [6.45, 7) is 3.67. The minimum Gasteiger partial charge on any atom is -0.338 e. The first-order valence-electron chi connectivity index (χ1n) is 5.63. The fraction of sp³-hybridized carbons (Fsp3) is 0.462. The van der Waals surface area contributed by atoms with Crippen LogP contribution in [0.2, 0.25) is 0 Å². The van der Waals surface area contributed by atoms with Crippen molar-refractivity contribution in [2.75, 3.05) is 12.3 Å². The van der Waals surface area contributed by atoms with Crippen molar-refractivity contribution in [1.82, 2.24) is 4.90 Å². The highest BCUT2D eigenvalue weighted by atomic mass is 32.1. The molecule has 1 heterocycles. The molecular formula is C13H17NOS. The first-order chi connectivity index (χ1) is 7.69. The van der Waals surface area contributed by atoms with Crippen LogP contribution in [-0.4, -0.2) is 23.1 Å². The summed E-state index contributed by atoms with van der Waals surface area (Å²) in [6.07, 6.45) is 0.662. The lowest BCUT2D eigenvalue weighted by Crippen LogP contribution is -2.24. The summed E-state index contributed by atoms with van der Waals surface area (Å²) in [5, 5.41) is 0. The second kappa shape index (κ2) is 4.91. The Labute approximate surface area is 102 Å². The van der Waals surface area contributed by atoms with Crippen molar-refractivity contribution in [1.29, 1.82) is 0 Å². The number of aryl methyl sites for hydroxylation is 1. The average molecular weight is 235 g/mol. The highest BCUT2D eigenvalue weighted by Crippen LogP contribution is 2.21. The van der Waals surface area contributed by atoms with Crippen molar-refractivity contribution in [2.45, 2.75) is 19.9 Å². The van der Waals surface area contributed by atoms with Crippen LogP contribution in [0.25, 0.3) is 0 Å². The van der Waals surface area contributed by atoms with Crippen molar-refractivity contribution in [3.8, 4) is 0 Å². The molecule has 0 spiro atoms. The minimum atomic E-state index is 0.264. The molecule has 1 aliphatic heterocycles. The van der Waals surface area contributed by atoms with Gasteiger partial charge in [-0.1, -0.05) is 29.8 Å². The van der Waals surface area contributed by atoms with Gasteiger partial charge in [-0.05, 0) is 24.2 Å². The zero-order valence-electron chi connectivity index (χ0n) is 9.52. The Kier molecular flexibility index (Phi) is 3.54. The lowest BCUT2D eigenvalue weighted by molar-refractivity contribution is -0.128. The van der Waals surface area contributed by atoms with Crippen molar-refractivity contribution < 1.29 is 4.79 Å². The molecule has 0 N–H and O–H groups in total. The summed E-state index contributed by atoms with van der Waals surface area (Å²) in [4.78, 5) is 13.6. The van der Waals surface area contributed by atoms with Crippen molar-refractivity contribution >= 4 is 18.5 Å². The fourth-order valence-corrected chi connectivity index (χ4v) is 2.29. The maximum Gasteiger partial charge on any atom is 0.223 e. The molecule has 2 nitrogen and oxygen atoms in total. The monoisotopic (exact) mass is 235 g/mol. The van der Waals surface area contributed by atoms with Crippen LogP contribution in [0.15, 0.2) is 24.3 Å². The summed E-state index contributed by atoms with van der Waals surface area (Å²) >= 11 is 4.26. The molecular weight excluding hydrogens is 218 g/mol. The van der Waals surface area contributed by atoms with Gasteiger partial charge in [0.25, 0.3) is 0 Å². The molecule has 1 aromatic rings. The topological polar surface area (TPSA) is 20.3 Å². The number of nitrogens with zero attached hydrogens (tertiary/aromatic N) is 1. The van der Waals surface area contributed by atoms with E-state index in [1.54, 1.807) is 0 Å². The van der Waals surface area contributed by atoms with Crippen LogP contribution in [0.5, 0.6) is 0 Å². The van der Waals surface area contributed by atoms with E-state index >= 15 is 0 Å². The number of carbonyl (C=O) groups is 1. The third-order valence-corrected chi connectivity index (χ3v) is 3.56. The molecule has 1 saturated heterocycles. The van der Waals surface area contributed by atoms with Crippen LogP contribution in [0.4, 0.5) is 0 Å². The molecule has 1 unspecified atom stereocenters. The van der Waals surface area contributed by atoms with Crippen LogP contribution < -0.4 is 0 Å². The SMILES string of the molecule is Cc1ccc(CN2CC(CS)CC2=O)cc1. The van der Waals surface area contributed by atoms with Gasteiger partial charge in [0.2, 0.25) is 5.91 Å². The first-order valence-corrected chi connectivity index (χ1v) is 6.26. The minimum absolute atomic E-state index is 0.264. The van der Waals surface area contributed by atoms with Crippen LogP contribution in [0.1, 0.15) is 17.5 Å². The number of thiol groups is 1. The lowest BCUT2D eigenvalue weighted by atomic mass is 10.1. The standard InChI is InChI=1S/C13H17NOS/c1-10-2-4-11(5-3-10)7-14-8-12(9-16)6-13(14)15/h2-5,12,16H,6-9H2,1H3. The Morgan fingerprint density at radius 1 is 1.38 bits per heavy atom. The molecule has 0 bridgehead atoms. The Morgan fingerprint density at radius 2 is 2.06 bits per heavy atom. The molecule has 0 aliphatic carbocycles. The number of rotatable bonds is 3. The predicted octanol–water partition coefficient (Wildman–Crippen LogP) is 2.27. The highest BCUT2D eigenvalue weighted by Gasteiger charge is 2.28. The Bertz CT molecular complexity index is 374. The van der Waals surface area contributed by atoms with E-state index in [1.807, 2.05) is 4.90 Å². The summed E-state index contributed by atoms with van der Waals surface area (Å²) in [7, 11) is 0. The third kappa shape index (κ3) is 2.59. The molecule has 16 heavy (non-hydrogen) atoms. The summed E-state index contributed by atoms with van der Waals surface area (Å²) < 4.78 is 0. The number of hydrogen-bond donors (Lipinski definition) is 1. The zero-order valence-corrected chi connectivity index (χ0v) is 10.4. The molecule has 1 atom stereocenters. The van der Waals surface area contributed by atoms with Gasteiger partial charge < -0.3 is 4.90 Å². The maximum atomic E-state index is 11.7. The van der Waals surface area contributed by atoms with Crippen molar-refractivity contribution in [2.24, 2.45) is 5.92 Å². The molecule has 2 rings (SSSR count). The molecule has 1 aromatic carbocycles. The molecule has 86 valence electrons. The fourth-order valence-electron chi connectivity index (χ4n) is 2.04. The first kappa shape index (κ1) is 11.5. The van der Waals surface area contributed by atoms with Gasteiger partial charge in [-0.2, -0.15) is 12.6 Å². The van der Waals surface area contributed by atoms with E-state index in [2.05, 4.69) is 43.8 Å². The normalized spacial score (nSPS) is 20.5. The van der Waals surface area contributed by atoms with E-state index in [0.717, 1.165) is 18.8 Å². The highest BCUT2D eigenvalue weighted by molar-refractivity contribution is 7.80. The molecule has 0 radical (unpaired) electrons. The van der Waals surface area contributed by atoms with Gasteiger partial charge in [-0.15, -0.1) is 0 Å². The van der Waals surface area contributed by atoms with Crippen molar-refractivity contribution in [3.63, 3.8) is 0 Å². The maximum absolute atomic E-state index is 11.7. The molecule has 1 fully saturated rings. The van der Waals surface area contributed by atoms with E-state index in [0.29, 0.717) is 12.3 Å². The van der Waals surface area contributed by atoms with Gasteiger partial charge in [0, 0.05) is 19.5 Å². The van der Waals surface area contributed by atoms with E-state index in [4.69, 9.17) is 0 Å². The van der Waals surface area contributed by atoms with Gasteiger partial charge in [0.1, 0.15) is 0 Å². The van der Waals surface area contributed by atoms with E-state index in [-0.39, 0.29) is 5.91 Å². The van der Waals surface area contributed by atoms with Crippen molar-refractivity contribution in [3.05, 3.63) is 35.4 Å². The smallest absolute Gasteiger partial charge is 0.223 e. The molecule has 1 aliphatic rings. The van der Waals surface area contributed by atoms with Crippen LogP contribution in [0.3, 0.4) is 0 Å². The predicted molar refractivity (Wildman–Crippen MR) is 68.6 cm³/mol. The van der Waals surface area contributed by atoms with Gasteiger partial charge in [-0.25, -0.2) is 0 Å². The number of benzene rings is 1. The van der Waals surface area contributed by atoms with E-state index in [9.17, 15) is 4.79 Å². The molecule has 0 saturated carbocycles. The number of amides is 1. The van der Waals surface area contributed by atoms with Gasteiger partial charge in [-0.3, -0.25) is 4.79 Å². The summed E-state index contributed by atoms with van der Waals surface area (Å²) in [5.41, 5.74) is 2.46. The van der Waals surface area contributed by atoms with Gasteiger partial charge >= 0.3 is 0 Å². The summed E-state index contributed by atoms with van der Waals surface area (Å²) in [5.74, 6) is 1.50. The van der Waals surface area contributed by atoms with Gasteiger partial charge in [0.15, 0.2) is 0 Å². The van der Waals surface area contributed by atoms with Crippen LogP contribution >= 0.6 is 12.6 Å². The van der Waals surface area contributed by atoms with Gasteiger partial charge in [0.05, 0.1) is 0 Å². The Morgan fingerprint density at radius 3 is 2.62 bits per heavy atom. The van der Waals surface area contributed by atoms with Crippen LogP contribution in [0, 0.1) is 12.8 Å². The molecule has 1 amide bonds. The zero-order chi connectivity index (χ0) is 11.5. The quantitative estimate of drug-likeness (QED) is 0.797. The van der Waals surface area contributed by atoms with E-state index in [1.165, 1.54) is 11.1 Å². The third-order valence-electron chi connectivity index (χ3n) is 3.05. The second-order valence-electron chi connectivity index (χ2n) is 4.51. The number of carbonyl (C=O) groups excluding carboxylic acids is 1. The number of hydrogen-bond acceptors (Lipinski definition) is 2. The Hall–Kier alpha value is -0.960. The average Bonchev–Trinajstić information content (AvgIpc) is 2.63. The molecule has 0 aromatic heterocycles. The van der Waals surface area contributed by atoms with E-state index < -0.39 is 0 Å². The summed E-state index contributed by atoms with van der Waals surface area (Å²) in [6, 6.07) is 8.37.